The lowest BCUT2D eigenvalue weighted by atomic mass is 10.0. The van der Waals surface area contributed by atoms with E-state index in [2.05, 4.69) is 20.2 Å². The first-order valence-corrected chi connectivity index (χ1v) is 8.07. The van der Waals surface area contributed by atoms with Crippen LogP contribution in [0.5, 0.6) is 0 Å². The van der Waals surface area contributed by atoms with Gasteiger partial charge in [-0.3, -0.25) is 9.69 Å². The molecule has 0 bridgehead atoms. The summed E-state index contributed by atoms with van der Waals surface area (Å²) in [4.78, 5) is 16.1. The monoisotopic (exact) mass is 323 g/mol. The topological polar surface area (TPSA) is 82.9 Å². The lowest BCUT2D eigenvalue weighted by molar-refractivity contribution is -0.0495. The number of aliphatic hydroxyl groups is 1. The molecule has 1 aromatic rings. The molecule has 2 aliphatic heterocycles. The summed E-state index contributed by atoms with van der Waals surface area (Å²) in [5.41, 5.74) is -0.0602. The summed E-state index contributed by atoms with van der Waals surface area (Å²) < 4.78 is 6.80. The van der Waals surface area contributed by atoms with Crippen LogP contribution in [0.25, 0.3) is 0 Å². The molecule has 0 radical (unpaired) electrons. The average molecular weight is 323 g/mol. The fourth-order valence-electron chi connectivity index (χ4n) is 3.09. The van der Waals surface area contributed by atoms with Crippen LogP contribution in [-0.4, -0.2) is 84.4 Å². The first-order valence-electron chi connectivity index (χ1n) is 8.07. The van der Waals surface area contributed by atoms with Gasteiger partial charge in [0.05, 0.1) is 25.1 Å². The van der Waals surface area contributed by atoms with Gasteiger partial charge in [-0.15, -0.1) is 0 Å². The Kier molecular flexibility index (Phi) is 4.96. The molecule has 8 heteroatoms. The summed E-state index contributed by atoms with van der Waals surface area (Å²) in [6, 6.07) is 1.62. The van der Waals surface area contributed by atoms with Crippen LogP contribution in [0, 0.1) is 0 Å². The SMILES string of the molecule is Cn1ncc(N2CCN(CC3(O)CNCCOC3)CC2)cc1=O. The molecule has 2 N–H and O–H groups in total. The Morgan fingerprint density at radius 1 is 1.39 bits per heavy atom. The van der Waals surface area contributed by atoms with Crippen LogP contribution >= 0.6 is 0 Å². The number of hydrogen-bond donors (Lipinski definition) is 2. The van der Waals surface area contributed by atoms with E-state index in [-0.39, 0.29) is 5.56 Å². The Hall–Kier alpha value is -1.48. The molecule has 0 aromatic carbocycles. The highest BCUT2D eigenvalue weighted by Crippen LogP contribution is 2.16. The number of nitrogens with one attached hydrogen (secondary N) is 1. The van der Waals surface area contributed by atoms with E-state index in [4.69, 9.17) is 4.74 Å². The Balaban J connectivity index is 1.55. The third kappa shape index (κ3) is 4.08. The largest absolute Gasteiger partial charge is 0.385 e. The van der Waals surface area contributed by atoms with Crippen LogP contribution in [0.4, 0.5) is 5.69 Å². The van der Waals surface area contributed by atoms with E-state index in [1.807, 2.05) is 0 Å². The minimum absolute atomic E-state index is 0.0964. The molecular weight excluding hydrogens is 298 g/mol. The van der Waals surface area contributed by atoms with E-state index in [0.29, 0.717) is 26.3 Å². The molecule has 8 nitrogen and oxygen atoms in total. The summed E-state index contributed by atoms with van der Waals surface area (Å²) in [5.74, 6) is 0. The highest BCUT2D eigenvalue weighted by molar-refractivity contribution is 5.43. The maximum absolute atomic E-state index is 11.7. The molecular formula is C15H25N5O3. The predicted octanol–water partition coefficient (Wildman–Crippen LogP) is -1.75. The van der Waals surface area contributed by atoms with Gasteiger partial charge >= 0.3 is 0 Å². The molecule has 2 saturated heterocycles. The number of ether oxygens (including phenoxy) is 1. The normalized spacial score (nSPS) is 27.0. The number of β-amino-alcohol motifs (C(OH)–C–C–N with tert-alkyl or cyclic N) is 1. The molecule has 1 atom stereocenters. The number of rotatable bonds is 3. The van der Waals surface area contributed by atoms with E-state index in [0.717, 1.165) is 38.4 Å². The van der Waals surface area contributed by atoms with Crippen molar-refractivity contribution in [2.45, 2.75) is 5.60 Å². The Morgan fingerprint density at radius 3 is 2.91 bits per heavy atom. The van der Waals surface area contributed by atoms with Crippen LogP contribution in [0.2, 0.25) is 0 Å². The molecule has 1 unspecified atom stereocenters. The maximum Gasteiger partial charge on any atom is 0.268 e. The second-order valence-corrected chi connectivity index (χ2v) is 6.39. The molecule has 3 heterocycles. The highest BCUT2D eigenvalue weighted by atomic mass is 16.5. The Labute approximate surface area is 135 Å². The lowest BCUT2D eigenvalue weighted by Gasteiger charge is -2.39. The molecule has 1 aromatic heterocycles. The molecule has 2 fully saturated rings. The van der Waals surface area contributed by atoms with Crippen molar-refractivity contribution in [3.05, 3.63) is 22.6 Å². The number of aromatic nitrogens is 2. The van der Waals surface area contributed by atoms with Gasteiger partial charge in [-0.2, -0.15) is 5.10 Å². The third-order valence-electron chi connectivity index (χ3n) is 4.46. The lowest BCUT2D eigenvalue weighted by Crippen LogP contribution is -2.56. The standard InChI is InChI=1S/C15H25N5O3/c1-18-14(21)8-13(9-17-18)20-5-3-19(4-6-20)11-15(22)10-16-2-7-23-12-15/h8-9,16,22H,2-7,10-12H2,1H3. The van der Waals surface area contributed by atoms with Crippen molar-refractivity contribution in [2.24, 2.45) is 7.05 Å². The van der Waals surface area contributed by atoms with Crippen LogP contribution in [-0.2, 0) is 11.8 Å². The van der Waals surface area contributed by atoms with Crippen LogP contribution in [0.1, 0.15) is 0 Å². The average Bonchev–Trinajstić information content (AvgIpc) is 2.75. The van der Waals surface area contributed by atoms with Crippen molar-refractivity contribution in [1.82, 2.24) is 20.0 Å². The Bertz CT molecular complexity index is 575. The zero-order chi connectivity index (χ0) is 16.3. The first kappa shape index (κ1) is 16.4. The first-order chi connectivity index (χ1) is 11.1. The quantitative estimate of drug-likeness (QED) is 0.683. The van der Waals surface area contributed by atoms with Gasteiger partial charge in [0.15, 0.2) is 0 Å². The van der Waals surface area contributed by atoms with E-state index < -0.39 is 5.60 Å². The fourth-order valence-corrected chi connectivity index (χ4v) is 3.09. The molecule has 23 heavy (non-hydrogen) atoms. The van der Waals surface area contributed by atoms with Gasteiger partial charge in [0.25, 0.3) is 5.56 Å². The van der Waals surface area contributed by atoms with Gasteiger partial charge in [-0.1, -0.05) is 0 Å². The van der Waals surface area contributed by atoms with Crippen molar-refractivity contribution >= 4 is 5.69 Å². The van der Waals surface area contributed by atoms with Crippen molar-refractivity contribution < 1.29 is 9.84 Å². The van der Waals surface area contributed by atoms with Crippen LogP contribution in [0.15, 0.2) is 17.1 Å². The van der Waals surface area contributed by atoms with Crippen LogP contribution < -0.4 is 15.8 Å². The second-order valence-electron chi connectivity index (χ2n) is 6.39. The van der Waals surface area contributed by atoms with Gasteiger partial charge < -0.3 is 20.1 Å². The maximum atomic E-state index is 11.7. The summed E-state index contributed by atoms with van der Waals surface area (Å²) >= 11 is 0. The van der Waals surface area contributed by atoms with Gasteiger partial charge in [0.2, 0.25) is 0 Å². The number of anilines is 1. The number of aryl methyl sites for hydroxylation is 1. The second kappa shape index (κ2) is 6.96. The summed E-state index contributed by atoms with van der Waals surface area (Å²) in [6.07, 6.45) is 1.73. The zero-order valence-electron chi connectivity index (χ0n) is 13.6. The van der Waals surface area contributed by atoms with E-state index in [1.165, 1.54) is 4.68 Å². The molecule has 128 valence electrons. The van der Waals surface area contributed by atoms with E-state index in [9.17, 15) is 9.90 Å². The smallest absolute Gasteiger partial charge is 0.268 e. The summed E-state index contributed by atoms with van der Waals surface area (Å²) in [7, 11) is 1.65. The predicted molar refractivity (Wildman–Crippen MR) is 86.8 cm³/mol. The minimum atomic E-state index is -0.830. The highest BCUT2D eigenvalue weighted by Gasteiger charge is 2.32. The molecule has 3 rings (SSSR count). The van der Waals surface area contributed by atoms with Crippen molar-refractivity contribution in [2.75, 3.05) is 63.9 Å². The molecule has 0 amide bonds. The van der Waals surface area contributed by atoms with Crippen molar-refractivity contribution in [3.8, 4) is 0 Å². The molecule has 0 spiro atoms. The number of nitrogens with zero attached hydrogens (tertiary/aromatic N) is 4. The molecule has 0 saturated carbocycles. The van der Waals surface area contributed by atoms with Gasteiger partial charge in [-0.05, 0) is 0 Å². The van der Waals surface area contributed by atoms with E-state index >= 15 is 0 Å². The van der Waals surface area contributed by atoms with Crippen molar-refractivity contribution in [1.29, 1.82) is 0 Å². The summed E-state index contributed by atoms with van der Waals surface area (Å²) in [5, 5.41) is 17.9. The number of piperazine rings is 1. The Morgan fingerprint density at radius 2 is 2.17 bits per heavy atom. The third-order valence-corrected chi connectivity index (χ3v) is 4.46. The minimum Gasteiger partial charge on any atom is -0.385 e. The van der Waals surface area contributed by atoms with Gasteiger partial charge in [-0.25, -0.2) is 4.68 Å². The number of hydrogen-bond acceptors (Lipinski definition) is 7. The van der Waals surface area contributed by atoms with Crippen LogP contribution in [0.3, 0.4) is 0 Å². The van der Waals surface area contributed by atoms with E-state index in [1.54, 1.807) is 19.3 Å². The van der Waals surface area contributed by atoms with Crippen molar-refractivity contribution in [3.63, 3.8) is 0 Å². The molecule has 2 aliphatic rings. The fraction of sp³-hybridized carbons (Fsp3) is 0.733. The zero-order valence-corrected chi connectivity index (χ0v) is 13.6. The van der Waals surface area contributed by atoms with Gasteiger partial charge in [0, 0.05) is 58.9 Å². The van der Waals surface area contributed by atoms with Gasteiger partial charge in [0.1, 0.15) is 5.60 Å². The summed E-state index contributed by atoms with van der Waals surface area (Å²) in [6.45, 7) is 6.29. The molecule has 0 aliphatic carbocycles.